The normalized spacial score (nSPS) is 21.8. The van der Waals surface area contributed by atoms with E-state index in [0.717, 1.165) is 55.4 Å². The van der Waals surface area contributed by atoms with Gasteiger partial charge >= 0.3 is 0 Å². The summed E-state index contributed by atoms with van der Waals surface area (Å²) in [7, 11) is 0. The Hall–Kier alpha value is -1.73. The fraction of sp³-hybridized carbons (Fsp3) is 0.632. The second-order valence-electron chi connectivity index (χ2n) is 7.78. The number of primary amides is 1. The van der Waals surface area contributed by atoms with Crippen molar-refractivity contribution in [1.29, 1.82) is 0 Å². The highest BCUT2D eigenvalue weighted by Crippen LogP contribution is 2.36. The summed E-state index contributed by atoms with van der Waals surface area (Å²) < 4.78 is 1.86. The summed E-state index contributed by atoms with van der Waals surface area (Å²) in [6, 6.07) is 0.197. The second kappa shape index (κ2) is 7.12. The highest BCUT2D eigenvalue weighted by molar-refractivity contribution is 7.18. The molecule has 0 aromatic carbocycles. The van der Waals surface area contributed by atoms with Crippen molar-refractivity contribution >= 4 is 27.5 Å². The predicted octanol–water partition coefficient (Wildman–Crippen LogP) is 2.10. The van der Waals surface area contributed by atoms with E-state index in [1.165, 1.54) is 10.4 Å². The first kappa shape index (κ1) is 17.7. The Labute approximate surface area is 157 Å². The van der Waals surface area contributed by atoms with Crippen molar-refractivity contribution in [2.45, 2.75) is 51.5 Å². The van der Waals surface area contributed by atoms with Crippen molar-refractivity contribution in [2.75, 3.05) is 19.6 Å². The molecule has 0 radical (unpaired) electrons. The Morgan fingerprint density at radius 1 is 1.35 bits per heavy atom. The molecule has 26 heavy (non-hydrogen) atoms. The van der Waals surface area contributed by atoms with Gasteiger partial charge in [0.15, 0.2) is 0 Å². The summed E-state index contributed by atoms with van der Waals surface area (Å²) in [6.07, 6.45) is 7.21. The molecular weight excluding hydrogens is 348 g/mol. The lowest BCUT2D eigenvalue weighted by atomic mass is 9.89. The summed E-state index contributed by atoms with van der Waals surface area (Å²) in [5.41, 5.74) is 6.63. The molecule has 3 heterocycles. The lowest BCUT2D eigenvalue weighted by Gasteiger charge is -2.32. The lowest BCUT2D eigenvalue weighted by Crippen LogP contribution is -2.39. The van der Waals surface area contributed by atoms with Crippen LogP contribution in [0.15, 0.2) is 11.1 Å². The van der Waals surface area contributed by atoms with Gasteiger partial charge < -0.3 is 10.6 Å². The maximum absolute atomic E-state index is 13.2. The number of amides is 1. The van der Waals surface area contributed by atoms with E-state index in [-0.39, 0.29) is 17.5 Å². The number of aromatic nitrogens is 2. The van der Waals surface area contributed by atoms with Crippen LogP contribution in [0.2, 0.25) is 0 Å². The van der Waals surface area contributed by atoms with Gasteiger partial charge in [0.1, 0.15) is 4.83 Å². The fourth-order valence-electron chi connectivity index (χ4n) is 4.29. The minimum absolute atomic E-state index is 0.137. The van der Waals surface area contributed by atoms with Crippen molar-refractivity contribution in [2.24, 2.45) is 11.7 Å². The first-order valence-electron chi connectivity index (χ1n) is 9.55. The van der Waals surface area contributed by atoms with Gasteiger partial charge in [-0.15, -0.1) is 11.3 Å². The van der Waals surface area contributed by atoms with Gasteiger partial charge in [0.2, 0.25) is 5.91 Å². The maximum atomic E-state index is 13.2. The van der Waals surface area contributed by atoms with E-state index >= 15 is 0 Å². The van der Waals surface area contributed by atoms with Gasteiger partial charge in [0.05, 0.1) is 11.7 Å². The molecule has 1 atom stereocenters. The van der Waals surface area contributed by atoms with E-state index in [4.69, 9.17) is 5.73 Å². The quantitative estimate of drug-likeness (QED) is 0.888. The number of rotatable bonds is 4. The lowest BCUT2D eigenvalue weighted by molar-refractivity contribution is -0.118. The summed E-state index contributed by atoms with van der Waals surface area (Å²) in [5, 5.41) is 0.871. The summed E-state index contributed by atoms with van der Waals surface area (Å²) in [6.45, 7) is 4.78. The molecular formula is C19H26N4O2S. The van der Waals surface area contributed by atoms with E-state index in [9.17, 15) is 9.59 Å². The molecule has 2 aromatic rings. The highest BCUT2D eigenvalue weighted by Gasteiger charge is 2.26. The SMILES string of the molecule is C[C@H]1CCc2c(sc3ncn(C4CCN(CCC(N)=O)CC4)c(=O)c23)C1. The Balaban J connectivity index is 1.56. The van der Waals surface area contributed by atoms with E-state index in [0.29, 0.717) is 18.9 Å². The number of aryl methyl sites for hydroxylation is 1. The molecule has 1 amide bonds. The zero-order chi connectivity index (χ0) is 18.3. The number of nitrogens with two attached hydrogens (primary N) is 1. The zero-order valence-electron chi connectivity index (χ0n) is 15.2. The number of hydrogen-bond acceptors (Lipinski definition) is 5. The molecule has 1 aliphatic carbocycles. The molecule has 4 rings (SSSR count). The van der Waals surface area contributed by atoms with Crippen molar-refractivity contribution < 1.29 is 4.79 Å². The third-order valence-electron chi connectivity index (χ3n) is 5.87. The molecule has 0 spiro atoms. The molecule has 2 aliphatic rings. The summed E-state index contributed by atoms with van der Waals surface area (Å²) in [5.74, 6) is 0.442. The van der Waals surface area contributed by atoms with Gasteiger partial charge in [-0.3, -0.25) is 14.2 Å². The number of carbonyl (C=O) groups excluding carboxylic acids is 1. The van der Waals surface area contributed by atoms with Crippen LogP contribution < -0.4 is 11.3 Å². The number of thiophene rings is 1. The minimum Gasteiger partial charge on any atom is -0.370 e. The van der Waals surface area contributed by atoms with Crippen LogP contribution in [0.1, 0.15) is 49.1 Å². The molecule has 1 aliphatic heterocycles. The van der Waals surface area contributed by atoms with Crippen LogP contribution >= 0.6 is 11.3 Å². The second-order valence-corrected chi connectivity index (χ2v) is 8.86. The number of piperidine rings is 1. The van der Waals surface area contributed by atoms with Crippen LogP contribution in [0.5, 0.6) is 0 Å². The van der Waals surface area contributed by atoms with Gasteiger partial charge in [-0.1, -0.05) is 6.92 Å². The van der Waals surface area contributed by atoms with Crippen LogP contribution in [0.4, 0.5) is 0 Å². The monoisotopic (exact) mass is 374 g/mol. The fourth-order valence-corrected chi connectivity index (χ4v) is 5.63. The minimum atomic E-state index is -0.255. The van der Waals surface area contributed by atoms with E-state index in [2.05, 4.69) is 16.8 Å². The van der Waals surface area contributed by atoms with Crippen molar-refractivity contribution in [1.82, 2.24) is 14.5 Å². The Bertz CT molecular complexity index is 880. The van der Waals surface area contributed by atoms with Crippen LogP contribution in [0.25, 0.3) is 10.2 Å². The third kappa shape index (κ3) is 3.30. The van der Waals surface area contributed by atoms with Crippen molar-refractivity contribution in [3.05, 3.63) is 27.1 Å². The van der Waals surface area contributed by atoms with Gasteiger partial charge in [0, 0.05) is 37.0 Å². The topological polar surface area (TPSA) is 81.2 Å². The smallest absolute Gasteiger partial charge is 0.262 e. The molecule has 1 saturated heterocycles. The molecule has 0 bridgehead atoms. The van der Waals surface area contributed by atoms with E-state index in [1.54, 1.807) is 17.7 Å². The zero-order valence-corrected chi connectivity index (χ0v) is 16.1. The largest absolute Gasteiger partial charge is 0.370 e. The molecule has 2 aromatic heterocycles. The van der Waals surface area contributed by atoms with Crippen molar-refractivity contribution in [3.8, 4) is 0 Å². The van der Waals surface area contributed by atoms with Crippen LogP contribution in [0, 0.1) is 5.92 Å². The molecule has 7 heteroatoms. The third-order valence-corrected chi connectivity index (χ3v) is 7.03. The first-order valence-corrected chi connectivity index (χ1v) is 10.4. The molecule has 0 saturated carbocycles. The number of carbonyl (C=O) groups is 1. The average molecular weight is 375 g/mol. The Kier molecular flexibility index (Phi) is 4.84. The summed E-state index contributed by atoms with van der Waals surface area (Å²) >= 11 is 1.71. The van der Waals surface area contributed by atoms with Gasteiger partial charge in [-0.25, -0.2) is 4.98 Å². The summed E-state index contributed by atoms with van der Waals surface area (Å²) in [4.78, 5) is 33.3. The number of nitrogens with zero attached hydrogens (tertiary/aromatic N) is 3. The Morgan fingerprint density at radius 2 is 2.12 bits per heavy atom. The van der Waals surface area contributed by atoms with Crippen molar-refractivity contribution in [3.63, 3.8) is 0 Å². The Morgan fingerprint density at radius 3 is 2.85 bits per heavy atom. The average Bonchev–Trinajstić information content (AvgIpc) is 2.99. The van der Waals surface area contributed by atoms with E-state index in [1.807, 2.05) is 4.57 Å². The first-order chi connectivity index (χ1) is 12.5. The van der Waals surface area contributed by atoms with Gasteiger partial charge in [-0.05, 0) is 43.6 Å². The molecule has 2 N–H and O–H groups in total. The molecule has 6 nitrogen and oxygen atoms in total. The molecule has 140 valence electrons. The molecule has 1 fully saturated rings. The number of likely N-dealkylation sites (tertiary alicyclic amines) is 1. The van der Waals surface area contributed by atoms with Gasteiger partial charge in [0.25, 0.3) is 5.56 Å². The van der Waals surface area contributed by atoms with Crippen LogP contribution in [0.3, 0.4) is 0 Å². The molecule has 0 unspecified atom stereocenters. The van der Waals surface area contributed by atoms with Gasteiger partial charge in [-0.2, -0.15) is 0 Å². The standard InChI is InChI=1S/C19H26N4O2S/c1-12-2-3-14-15(10-12)26-18-17(14)19(25)23(11-21-18)13-4-7-22(8-5-13)9-6-16(20)24/h11-13H,2-10H2,1H3,(H2,20,24)/t12-/m0/s1. The number of hydrogen-bond donors (Lipinski definition) is 1. The number of fused-ring (bicyclic) bond motifs is 3. The van der Waals surface area contributed by atoms with Crippen LogP contribution in [-0.4, -0.2) is 40.0 Å². The maximum Gasteiger partial charge on any atom is 0.262 e. The predicted molar refractivity (Wildman–Crippen MR) is 104 cm³/mol. The van der Waals surface area contributed by atoms with E-state index < -0.39 is 0 Å². The van der Waals surface area contributed by atoms with Crippen LogP contribution in [-0.2, 0) is 17.6 Å². The highest BCUT2D eigenvalue weighted by atomic mass is 32.1.